The highest BCUT2D eigenvalue weighted by Crippen LogP contribution is 2.36. The van der Waals surface area contributed by atoms with Gasteiger partial charge in [-0.2, -0.15) is 4.98 Å². The quantitative estimate of drug-likeness (QED) is 0.643. The molecule has 3 heterocycles. The number of hydrogen-bond acceptors (Lipinski definition) is 7. The zero-order valence-corrected chi connectivity index (χ0v) is 15.6. The molecule has 1 aliphatic rings. The summed E-state index contributed by atoms with van der Waals surface area (Å²) in [5.74, 6) is 1.49. The van der Waals surface area contributed by atoms with Crippen LogP contribution in [0.2, 0.25) is 0 Å². The Balaban J connectivity index is 1.65. The summed E-state index contributed by atoms with van der Waals surface area (Å²) in [5, 5.41) is 9.30. The van der Waals surface area contributed by atoms with E-state index in [1.54, 1.807) is 32.2 Å². The van der Waals surface area contributed by atoms with Gasteiger partial charge < -0.3 is 25.1 Å². The number of nitrogens with zero attached hydrogens (tertiary/aromatic N) is 2. The topological polar surface area (TPSA) is 101 Å². The largest absolute Gasteiger partial charge is 0.476 e. The third-order valence-corrected chi connectivity index (χ3v) is 4.12. The summed E-state index contributed by atoms with van der Waals surface area (Å²) in [7, 11) is 0. The number of hydrogen-bond donors (Lipinski definition) is 3. The van der Waals surface area contributed by atoms with Gasteiger partial charge in [-0.05, 0) is 45.9 Å². The fraction of sp³-hybridized carbons (Fsp3) is 0.316. The highest BCUT2D eigenvalue weighted by atomic mass is 16.5. The van der Waals surface area contributed by atoms with E-state index < -0.39 is 5.60 Å². The van der Waals surface area contributed by atoms with Gasteiger partial charge >= 0.3 is 0 Å². The zero-order valence-electron chi connectivity index (χ0n) is 15.6. The lowest BCUT2D eigenvalue weighted by Crippen LogP contribution is -2.45. The Morgan fingerprint density at radius 3 is 2.78 bits per heavy atom. The van der Waals surface area contributed by atoms with E-state index in [2.05, 4.69) is 25.9 Å². The molecule has 140 valence electrons. The molecule has 0 spiro atoms. The fourth-order valence-corrected chi connectivity index (χ4v) is 2.81. The Labute approximate surface area is 156 Å². The van der Waals surface area contributed by atoms with E-state index in [4.69, 9.17) is 9.15 Å². The lowest BCUT2D eigenvalue weighted by atomic mass is 10.1. The minimum atomic E-state index is -0.894. The van der Waals surface area contributed by atoms with E-state index >= 15 is 0 Å². The standard InChI is InChI=1S/C19H21N5O3/c1-10(2)20-16-15-12(7-8-26-15)23-18(24-16)21-11-5-6-14-13(9-11)22-17(25)19(3,4)27-14/h5-10H,1-4H3,(H,22,25)(H2,20,21,23,24). The van der Waals surface area contributed by atoms with Crippen LogP contribution in [0.4, 0.5) is 23.1 Å². The van der Waals surface area contributed by atoms with Crippen LogP contribution in [0.5, 0.6) is 5.75 Å². The van der Waals surface area contributed by atoms with Crippen molar-refractivity contribution >= 4 is 40.1 Å². The number of furan rings is 1. The smallest absolute Gasteiger partial charge is 0.268 e. The number of benzene rings is 1. The maximum Gasteiger partial charge on any atom is 0.268 e. The van der Waals surface area contributed by atoms with Crippen LogP contribution in [0.15, 0.2) is 34.9 Å². The number of amides is 1. The maximum atomic E-state index is 12.1. The van der Waals surface area contributed by atoms with Gasteiger partial charge in [0.25, 0.3) is 5.91 Å². The molecular formula is C19H21N5O3. The average Bonchev–Trinajstić information content (AvgIpc) is 3.04. The molecular weight excluding hydrogens is 346 g/mol. The van der Waals surface area contributed by atoms with Crippen molar-refractivity contribution in [3.05, 3.63) is 30.5 Å². The number of fused-ring (bicyclic) bond motifs is 2. The zero-order chi connectivity index (χ0) is 19.2. The highest BCUT2D eigenvalue weighted by molar-refractivity contribution is 6.00. The highest BCUT2D eigenvalue weighted by Gasteiger charge is 2.35. The van der Waals surface area contributed by atoms with Crippen LogP contribution < -0.4 is 20.7 Å². The van der Waals surface area contributed by atoms with Gasteiger partial charge in [-0.1, -0.05) is 0 Å². The van der Waals surface area contributed by atoms with Crippen molar-refractivity contribution in [1.82, 2.24) is 9.97 Å². The molecule has 1 aliphatic heterocycles. The van der Waals surface area contributed by atoms with Gasteiger partial charge in [0.2, 0.25) is 5.95 Å². The van der Waals surface area contributed by atoms with Crippen LogP contribution in [0.3, 0.4) is 0 Å². The first-order valence-corrected chi connectivity index (χ1v) is 8.75. The molecule has 8 nitrogen and oxygen atoms in total. The lowest BCUT2D eigenvalue weighted by molar-refractivity contribution is -0.129. The van der Waals surface area contributed by atoms with Crippen molar-refractivity contribution in [1.29, 1.82) is 0 Å². The molecule has 0 unspecified atom stereocenters. The number of aromatic nitrogens is 2. The molecule has 3 N–H and O–H groups in total. The van der Waals surface area contributed by atoms with Gasteiger partial charge in [0.1, 0.15) is 11.3 Å². The SMILES string of the molecule is CC(C)Nc1nc(Nc2ccc3c(c2)NC(=O)C(C)(C)O3)nc2ccoc12. The molecule has 0 saturated heterocycles. The summed E-state index contributed by atoms with van der Waals surface area (Å²) in [4.78, 5) is 21.1. The first-order valence-electron chi connectivity index (χ1n) is 8.75. The van der Waals surface area contributed by atoms with Crippen LogP contribution >= 0.6 is 0 Å². The van der Waals surface area contributed by atoms with Crippen molar-refractivity contribution in [2.24, 2.45) is 0 Å². The van der Waals surface area contributed by atoms with E-state index in [0.717, 1.165) is 5.69 Å². The molecule has 0 aliphatic carbocycles. The van der Waals surface area contributed by atoms with E-state index in [-0.39, 0.29) is 11.9 Å². The molecule has 0 fully saturated rings. The Kier molecular flexibility index (Phi) is 3.91. The fourth-order valence-electron chi connectivity index (χ4n) is 2.81. The van der Waals surface area contributed by atoms with Gasteiger partial charge in [-0.15, -0.1) is 0 Å². The number of ether oxygens (including phenoxy) is 1. The molecule has 8 heteroatoms. The monoisotopic (exact) mass is 367 g/mol. The molecule has 1 amide bonds. The summed E-state index contributed by atoms with van der Waals surface area (Å²) in [6.07, 6.45) is 1.59. The Bertz CT molecular complexity index is 1030. The van der Waals surface area contributed by atoms with E-state index in [9.17, 15) is 4.79 Å². The van der Waals surface area contributed by atoms with Crippen LogP contribution in [-0.2, 0) is 4.79 Å². The van der Waals surface area contributed by atoms with E-state index in [1.807, 2.05) is 26.0 Å². The Morgan fingerprint density at radius 2 is 2.00 bits per heavy atom. The second-order valence-corrected chi connectivity index (χ2v) is 7.23. The molecule has 2 aromatic heterocycles. The van der Waals surface area contributed by atoms with Gasteiger partial charge in [0, 0.05) is 17.8 Å². The first kappa shape index (κ1) is 17.1. The van der Waals surface area contributed by atoms with Crippen LogP contribution in [-0.4, -0.2) is 27.5 Å². The van der Waals surface area contributed by atoms with Crippen molar-refractivity contribution in [3.63, 3.8) is 0 Å². The Hall–Kier alpha value is -3.29. The minimum Gasteiger partial charge on any atom is -0.476 e. The molecule has 3 aromatic rings. The molecule has 1 aromatic carbocycles. The summed E-state index contributed by atoms with van der Waals surface area (Å²) >= 11 is 0. The third kappa shape index (κ3) is 3.25. The molecule has 0 bridgehead atoms. The summed E-state index contributed by atoms with van der Waals surface area (Å²) < 4.78 is 11.2. The lowest BCUT2D eigenvalue weighted by Gasteiger charge is -2.31. The van der Waals surface area contributed by atoms with Crippen LogP contribution in [0.1, 0.15) is 27.7 Å². The van der Waals surface area contributed by atoms with Crippen LogP contribution in [0, 0.1) is 0 Å². The molecule has 0 radical (unpaired) electrons. The van der Waals surface area contributed by atoms with Crippen molar-refractivity contribution < 1.29 is 13.9 Å². The first-order chi connectivity index (χ1) is 12.8. The van der Waals surface area contributed by atoms with Gasteiger partial charge in [0.15, 0.2) is 17.0 Å². The molecule has 0 atom stereocenters. The predicted octanol–water partition coefficient (Wildman–Crippen LogP) is 3.90. The second kappa shape index (κ2) is 6.15. The molecule has 4 rings (SSSR count). The normalized spacial score (nSPS) is 15.2. The van der Waals surface area contributed by atoms with Crippen molar-refractivity contribution in [2.45, 2.75) is 39.3 Å². The number of carbonyl (C=O) groups excluding carboxylic acids is 1. The summed E-state index contributed by atoms with van der Waals surface area (Å²) in [5.41, 5.74) is 1.76. The predicted molar refractivity (Wildman–Crippen MR) is 104 cm³/mol. The molecule has 27 heavy (non-hydrogen) atoms. The van der Waals surface area contributed by atoms with Gasteiger partial charge in [-0.3, -0.25) is 4.79 Å². The summed E-state index contributed by atoms with van der Waals surface area (Å²) in [6.45, 7) is 7.51. The van der Waals surface area contributed by atoms with E-state index in [1.165, 1.54) is 0 Å². The summed E-state index contributed by atoms with van der Waals surface area (Å²) in [6, 6.07) is 7.44. The van der Waals surface area contributed by atoms with Gasteiger partial charge in [-0.25, -0.2) is 4.98 Å². The maximum absolute atomic E-state index is 12.1. The van der Waals surface area contributed by atoms with Crippen molar-refractivity contribution in [3.8, 4) is 5.75 Å². The second-order valence-electron chi connectivity index (χ2n) is 7.23. The number of carbonyl (C=O) groups is 1. The van der Waals surface area contributed by atoms with Crippen molar-refractivity contribution in [2.75, 3.05) is 16.0 Å². The van der Waals surface area contributed by atoms with Gasteiger partial charge in [0.05, 0.1) is 12.0 Å². The minimum absolute atomic E-state index is 0.188. The number of anilines is 4. The Morgan fingerprint density at radius 1 is 1.19 bits per heavy atom. The van der Waals surface area contributed by atoms with E-state index in [0.29, 0.717) is 34.3 Å². The third-order valence-electron chi connectivity index (χ3n) is 4.12. The number of rotatable bonds is 4. The average molecular weight is 367 g/mol. The molecule has 0 saturated carbocycles. The van der Waals surface area contributed by atoms with Crippen LogP contribution in [0.25, 0.3) is 11.1 Å². The number of nitrogens with one attached hydrogen (secondary N) is 3.